The summed E-state index contributed by atoms with van der Waals surface area (Å²) < 4.78 is 40.5. The van der Waals surface area contributed by atoms with Crippen LogP contribution in [0.2, 0.25) is 10.0 Å². The molecule has 0 aliphatic carbocycles. The molecule has 1 fully saturated rings. The molecule has 1 aromatic rings. The summed E-state index contributed by atoms with van der Waals surface area (Å²) in [6.45, 7) is 2.00. The maximum absolute atomic E-state index is 13.9. The van der Waals surface area contributed by atoms with Crippen molar-refractivity contribution in [2.45, 2.75) is 12.5 Å². The number of hydrogen-bond donors (Lipinski definition) is 1. The van der Waals surface area contributed by atoms with Gasteiger partial charge in [-0.2, -0.15) is 0 Å². The van der Waals surface area contributed by atoms with E-state index in [2.05, 4.69) is 5.32 Å². The zero-order chi connectivity index (χ0) is 14.0. The van der Waals surface area contributed by atoms with Crippen molar-refractivity contribution in [1.29, 1.82) is 0 Å². The van der Waals surface area contributed by atoms with E-state index in [0.717, 1.165) is 6.07 Å². The van der Waals surface area contributed by atoms with E-state index in [-0.39, 0.29) is 40.4 Å². The van der Waals surface area contributed by atoms with E-state index in [1.54, 1.807) is 0 Å². The summed E-state index contributed by atoms with van der Waals surface area (Å²) in [6.07, 6.45) is -2.73. The number of nitrogens with zero attached hydrogens (tertiary/aromatic N) is 1. The smallest absolute Gasteiger partial charge is 0.258 e. The molecular weight excluding hydrogens is 371 g/mol. The van der Waals surface area contributed by atoms with Gasteiger partial charge in [-0.3, -0.25) is 4.90 Å². The molecule has 0 radical (unpaired) electrons. The largest absolute Gasteiger partial charge is 0.314 e. The quantitative estimate of drug-likeness (QED) is 0.785. The molecule has 0 unspecified atom stereocenters. The molecule has 2 nitrogen and oxygen atoms in total. The van der Waals surface area contributed by atoms with Gasteiger partial charge in [-0.15, -0.1) is 24.8 Å². The molecule has 0 saturated carbocycles. The molecule has 0 aromatic heterocycles. The van der Waals surface area contributed by atoms with Crippen molar-refractivity contribution >= 4 is 48.0 Å². The van der Waals surface area contributed by atoms with E-state index in [9.17, 15) is 13.2 Å². The molecule has 9 heteroatoms. The van der Waals surface area contributed by atoms with Crippen LogP contribution in [0.15, 0.2) is 12.1 Å². The molecule has 21 heavy (non-hydrogen) atoms. The molecular formula is C12H15Cl4F3N2. The van der Waals surface area contributed by atoms with Crippen molar-refractivity contribution in [2.75, 3.05) is 26.2 Å². The minimum Gasteiger partial charge on any atom is -0.314 e. The monoisotopic (exact) mass is 384 g/mol. The highest BCUT2D eigenvalue weighted by Gasteiger charge is 2.34. The lowest BCUT2D eigenvalue weighted by atomic mass is 10.0. The SMILES string of the molecule is Cl.Cl.Fc1ccc(Cl)c(Cl)c1[C@H](C(F)F)N1CCNCC1. The van der Waals surface area contributed by atoms with Crippen LogP contribution >= 0.6 is 48.0 Å². The Hall–Kier alpha value is 0.0900. The average molecular weight is 386 g/mol. The number of halogens is 7. The number of alkyl halides is 2. The second-order valence-corrected chi connectivity index (χ2v) is 5.11. The molecule has 1 N–H and O–H groups in total. The Morgan fingerprint density at radius 3 is 2.19 bits per heavy atom. The Morgan fingerprint density at radius 1 is 1.10 bits per heavy atom. The third-order valence-electron chi connectivity index (χ3n) is 3.16. The number of nitrogens with one attached hydrogen (secondary N) is 1. The summed E-state index contributed by atoms with van der Waals surface area (Å²) in [7, 11) is 0. The van der Waals surface area contributed by atoms with Gasteiger partial charge in [0.05, 0.1) is 10.0 Å². The normalized spacial score (nSPS) is 17.0. The molecule has 1 atom stereocenters. The third-order valence-corrected chi connectivity index (χ3v) is 3.98. The van der Waals surface area contributed by atoms with Gasteiger partial charge in [0, 0.05) is 31.7 Å². The standard InChI is InChI=1S/C12H13Cl2F3N2.2ClH/c13-7-1-2-8(15)9(10(7)14)11(12(16)17)19-5-3-18-4-6-19;;/h1-2,11-12,18H,3-6H2;2*1H/t11-;;/m1../s1. The Kier molecular flexibility index (Phi) is 9.32. The van der Waals surface area contributed by atoms with Crippen molar-refractivity contribution in [3.05, 3.63) is 33.6 Å². The van der Waals surface area contributed by atoms with Crippen LogP contribution < -0.4 is 5.32 Å². The van der Waals surface area contributed by atoms with Crippen LogP contribution in [0, 0.1) is 5.82 Å². The summed E-state index contributed by atoms with van der Waals surface area (Å²) in [5, 5.41) is 3.01. The van der Waals surface area contributed by atoms with Gasteiger partial charge >= 0.3 is 0 Å². The molecule has 0 amide bonds. The molecule has 0 bridgehead atoms. The Morgan fingerprint density at radius 2 is 1.67 bits per heavy atom. The molecule has 1 aliphatic rings. The Balaban J connectivity index is 0.00000200. The van der Waals surface area contributed by atoms with Crippen molar-refractivity contribution in [3.8, 4) is 0 Å². The summed E-state index contributed by atoms with van der Waals surface area (Å²) in [5.41, 5.74) is -0.217. The number of benzene rings is 1. The lowest BCUT2D eigenvalue weighted by Gasteiger charge is -2.35. The lowest BCUT2D eigenvalue weighted by molar-refractivity contribution is 0.0164. The van der Waals surface area contributed by atoms with E-state index in [1.807, 2.05) is 0 Å². The van der Waals surface area contributed by atoms with Crippen LogP contribution in [0.1, 0.15) is 11.6 Å². The molecule has 1 aromatic carbocycles. The highest BCUT2D eigenvalue weighted by molar-refractivity contribution is 6.42. The minimum atomic E-state index is -2.73. The molecule has 122 valence electrons. The highest BCUT2D eigenvalue weighted by atomic mass is 35.5. The Bertz CT molecular complexity index is 456. The zero-order valence-corrected chi connectivity index (χ0v) is 13.9. The van der Waals surface area contributed by atoms with E-state index < -0.39 is 18.3 Å². The fourth-order valence-corrected chi connectivity index (χ4v) is 2.67. The second kappa shape index (κ2) is 9.28. The molecule has 1 heterocycles. The zero-order valence-electron chi connectivity index (χ0n) is 10.8. The van der Waals surface area contributed by atoms with E-state index in [4.69, 9.17) is 23.2 Å². The van der Waals surface area contributed by atoms with Gasteiger partial charge in [0.25, 0.3) is 6.43 Å². The van der Waals surface area contributed by atoms with Gasteiger partial charge in [-0.05, 0) is 12.1 Å². The van der Waals surface area contributed by atoms with Crippen LogP contribution in [0.25, 0.3) is 0 Å². The number of hydrogen-bond acceptors (Lipinski definition) is 2. The topological polar surface area (TPSA) is 15.3 Å². The predicted molar refractivity (Wildman–Crippen MR) is 84.1 cm³/mol. The van der Waals surface area contributed by atoms with Crippen molar-refractivity contribution < 1.29 is 13.2 Å². The van der Waals surface area contributed by atoms with Crippen molar-refractivity contribution in [3.63, 3.8) is 0 Å². The molecule has 2 rings (SSSR count). The van der Waals surface area contributed by atoms with E-state index >= 15 is 0 Å². The fraction of sp³-hybridized carbons (Fsp3) is 0.500. The van der Waals surface area contributed by atoms with Gasteiger partial charge in [0.2, 0.25) is 0 Å². The summed E-state index contributed by atoms with van der Waals surface area (Å²) in [6, 6.07) is 0.970. The molecule has 1 saturated heterocycles. The number of rotatable bonds is 3. The minimum absolute atomic E-state index is 0. The Labute approximate surface area is 143 Å². The maximum Gasteiger partial charge on any atom is 0.258 e. The first-order valence-electron chi connectivity index (χ1n) is 5.88. The van der Waals surface area contributed by atoms with Crippen LogP contribution in [0.4, 0.5) is 13.2 Å². The average Bonchev–Trinajstić information content (AvgIpc) is 2.39. The lowest BCUT2D eigenvalue weighted by Crippen LogP contribution is -2.47. The van der Waals surface area contributed by atoms with Gasteiger partial charge in [-0.25, -0.2) is 13.2 Å². The molecule has 1 aliphatic heterocycles. The van der Waals surface area contributed by atoms with Crippen molar-refractivity contribution in [2.24, 2.45) is 0 Å². The van der Waals surface area contributed by atoms with Gasteiger partial charge < -0.3 is 5.32 Å². The first-order chi connectivity index (χ1) is 9.02. The first kappa shape index (κ1) is 21.1. The number of piperazine rings is 1. The maximum atomic E-state index is 13.9. The van der Waals surface area contributed by atoms with Crippen LogP contribution in [0.3, 0.4) is 0 Å². The van der Waals surface area contributed by atoms with Gasteiger partial charge in [0.1, 0.15) is 11.9 Å². The van der Waals surface area contributed by atoms with Crippen molar-refractivity contribution in [1.82, 2.24) is 10.2 Å². The summed E-state index contributed by atoms with van der Waals surface area (Å²) in [4.78, 5) is 1.53. The summed E-state index contributed by atoms with van der Waals surface area (Å²) in [5.74, 6) is -0.752. The van der Waals surface area contributed by atoms with Gasteiger partial charge in [-0.1, -0.05) is 23.2 Å². The predicted octanol–water partition coefficient (Wildman–Crippen LogP) is 4.19. The van der Waals surface area contributed by atoms with Gasteiger partial charge in [0.15, 0.2) is 0 Å². The van der Waals surface area contributed by atoms with Crippen LogP contribution in [0.5, 0.6) is 0 Å². The highest BCUT2D eigenvalue weighted by Crippen LogP contribution is 2.38. The molecule has 0 spiro atoms. The summed E-state index contributed by atoms with van der Waals surface area (Å²) >= 11 is 11.7. The second-order valence-electron chi connectivity index (χ2n) is 4.32. The fourth-order valence-electron chi connectivity index (χ4n) is 2.24. The first-order valence-corrected chi connectivity index (χ1v) is 6.64. The van der Waals surface area contributed by atoms with Crippen LogP contribution in [-0.4, -0.2) is 37.5 Å². The van der Waals surface area contributed by atoms with E-state index in [1.165, 1.54) is 11.0 Å². The van der Waals surface area contributed by atoms with Crippen LogP contribution in [-0.2, 0) is 0 Å². The van der Waals surface area contributed by atoms with E-state index in [0.29, 0.717) is 26.2 Å². The third kappa shape index (κ3) is 4.78.